The Hall–Kier alpha value is -2.48. The van der Waals surface area contributed by atoms with Crippen molar-refractivity contribution in [2.75, 3.05) is 16.0 Å². The van der Waals surface area contributed by atoms with Crippen molar-refractivity contribution in [3.05, 3.63) is 59.7 Å². The molecule has 0 unspecified atom stereocenters. The van der Waals surface area contributed by atoms with Crippen molar-refractivity contribution in [1.29, 1.82) is 0 Å². The van der Waals surface area contributed by atoms with E-state index in [9.17, 15) is 22.8 Å². The Morgan fingerprint density at radius 3 is 2.57 bits per heavy atom. The molecule has 1 aliphatic rings. The molecule has 0 aromatic heterocycles. The fourth-order valence-corrected chi connectivity index (χ4v) is 3.88. The van der Waals surface area contributed by atoms with Crippen LogP contribution in [0.3, 0.4) is 0 Å². The van der Waals surface area contributed by atoms with Crippen LogP contribution in [-0.2, 0) is 21.5 Å². The molecule has 1 N–H and O–H groups in total. The maximum atomic E-state index is 12.9. The molecule has 148 valence electrons. The quantitative estimate of drug-likeness (QED) is 0.798. The molecule has 2 aromatic carbocycles. The lowest BCUT2D eigenvalue weighted by atomic mass is 9.96. The van der Waals surface area contributed by atoms with Gasteiger partial charge in [-0.3, -0.25) is 14.5 Å². The number of amides is 2. The summed E-state index contributed by atoms with van der Waals surface area (Å²) in [6, 6.07) is 12.1. The lowest BCUT2D eigenvalue weighted by Crippen LogP contribution is -2.58. The Morgan fingerprint density at radius 2 is 1.86 bits per heavy atom. The molecule has 0 spiro atoms. The van der Waals surface area contributed by atoms with Crippen LogP contribution < -0.4 is 10.2 Å². The molecule has 2 amide bonds. The first-order chi connectivity index (χ1) is 13.1. The third-order valence-corrected chi connectivity index (χ3v) is 5.49. The van der Waals surface area contributed by atoms with Crippen LogP contribution in [-0.4, -0.2) is 23.1 Å². The molecule has 3 rings (SSSR count). The Kier molecular flexibility index (Phi) is 5.43. The van der Waals surface area contributed by atoms with Crippen molar-refractivity contribution in [2.24, 2.45) is 0 Å². The SMILES string of the molecule is CC1(C)C(=O)Nc2ccccc2N1C(=O)CSCc1cccc(C(F)(F)F)c1. The second-order valence-corrected chi connectivity index (χ2v) is 7.94. The largest absolute Gasteiger partial charge is 0.416 e. The minimum atomic E-state index is -4.40. The van der Waals surface area contributed by atoms with Crippen LogP contribution in [0.15, 0.2) is 48.5 Å². The topological polar surface area (TPSA) is 49.4 Å². The Morgan fingerprint density at radius 1 is 1.14 bits per heavy atom. The molecule has 2 aromatic rings. The highest BCUT2D eigenvalue weighted by Gasteiger charge is 2.43. The second-order valence-electron chi connectivity index (χ2n) is 6.95. The van der Waals surface area contributed by atoms with Gasteiger partial charge in [-0.15, -0.1) is 11.8 Å². The molecule has 1 heterocycles. The van der Waals surface area contributed by atoms with Gasteiger partial charge in [0.2, 0.25) is 11.8 Å². The van der Waals surface area contributed by atoms with Gasteiger partial charge >= 0.3 is 6.18 Å². The molecule has 0 radical (unpaired) electrons. The van der Waals surface area contributed by atoms with Crippen molar-refractivity contribution >= 4 is 35.0 Å². The van der Waals surface area contributed by atoms with E-state index in [4.69, 9.17) is 0 Å². The van der Waals surface area contributed by atoms with Crippen molar-refractivity contribution in [1.82, 2.24) is 0 Å². The van der Waals surface area contributed by atoms with Gasteiger partial charge in [-0.1, -0.05) is 30.3 Å². The Bertz CT molecular complexity index is 912. The van der Waals surface area contributed by atoms with E-state index in [1.54, 1.807) is 44.2 Å². The number of carbonyl (C=O) groups is 2. The van der Waals surface area contributed by atoms with E-state index in [1.165, 1.54) is 22.7 Å². The van der Waals surface area contributed by atoms with Crippen LogP contribution in [0.2, 0.25) is 0 Å². The van der Waals surface area contributed by atoms with Crippen LogP contribution in [0.25, 0.3) is 0 Å². The van der Waals surface area contributed by atoms with Crippen molar-refractivity contribution in [2.45, 2.75) is 31.3 Å². The highest BCUT2D eigenvalue weighted by molar-refractivity contribution is 7.99. The van der Waals surface area contributed by atoms with Gasteiger partial charge < -0.3 is 5.32 Å². The van der Waals surface area contributed by atoms with Gasteiger partial charge in [-0.2, -0.15) is 13.2 Å². The summed E-state index contributed by atoms with van der Waals surface area (Å²) in [7, 11) is 0. The van der Waals surface area contributed by atoms with E-state index in [1.807, 2.05) is 0 Å². The zero-order valence-electron chi connectivity index (χ0n) is 15.3. The number of para-hydroxylation sites is 2. The number of carbonyl (C=O) groups excluding carboxylic acids is 2. The van der Waals surface area contributed by atoms with Gasteiger partial charge in [0.05, 0.1) is 22.7 Å². The maximum Gasteiger partial charge on any atom is 0.416 e. The van der Waals surface area contributed by atoms with E-state index in [0.717, 1.165) is 12.1 Å². The number of hydrogen-bond acceptors (Lipinski definition) is 3. The molecule has 0 saturated heterocycles. The number of benzene rings is 2. The highest BCUT2D eigenvalue weighted by Crippen LogP contribution is 2.37. The summed E-state index contributed by atoms with van der Waals surface area (Å²) < 4.78 is 38.5. The molecule has 8 heteroatoms. The van der Waals surface area contributed by atoms with E-state index in [0.29, 0.717) is 16.9 Å². The normalized spacial score (nSPS) is 15.8. The third-order valence-electron chi connectivity index (χ3n) is 4.51. The number of rotatable bonds is 4. The van der Waals surface area contributed by atoms with Crippen LogP contribution >= 0.6 is 11.8 Å². The molecule has 28 heavy (non-hydrogen) atoms. The molecule has 4 nitrogen and oxygen atoms in total. The molecule has 0 fully saturated rings. The van der Waals surface area contributed by atoms with Gasteiger partial charge in [0.1, 0.15) is 5.54 Å². The second kappa shape index (κ2) is 7.50. The lowest BCUT2D eigenvalue weighted by Gasteiger charge is -2.42. The van der Waals surface area contributed by atoms with E-state index in [-0.39, 0.29) is 23.3 Å². The van der Waals surface area contributed by atoms with Crippen LogP contribution in [0.5, 0.6) is 0 Å². The maximum absolute atomic E-state index is 12.9. The van der Waals surface area contributed by atoms with Crippen LogP contribution in [0.4, 0.5) is 24.5 Å². The number of nitrogens with zero attached hydrogens (tertiary/aromatic N) is 1. The zero-order chi connectivity index (χ0) is 20.5. The summed E-state index contributed by atoms with van der Waals surface area (Å²) in [6.45, 7) is 3.32. The Balaban J connectivity index is 1.72. The molecule has 1 aliphatic heterocycles. The number of hydrogen-bond donors (Lipinski definition) is 1. The number of thioether (sulfide) groups is 1. The average Bonchev–Trinajstić information content (AvgIpc) is 2.62. The van der Waals surface area contributed by atoms with Gasteiger partial charge in [-0.05, 0) is 37.6 Å². The highest BCUT2D eigenvalue weighted by atomic mass is 32.2. The minimum absolute atomic E-state index is 0.0429. The third kappa shape index (κ3) is 4.01. The monoisotopic (exact) mass is 408 g/mol. The van der Waals surface area contributed by atoms with Crippen molar-refractivity contribution in [3.8, 4) is 0 Å². The molecule has 0 atom stereocenters. The van der Waals surface area contributed by atoms with E-state index in [2.05, 4.69) is 5.32 Å². The average molecular weight is 408 g/mol. The van der Waals surface area contributed by atoms with Gasteiger partial charge in [0.25, 0.3) is 0 Å². The van der Waals surface area contributed by atoms with Crippen LogP contribution in [0, 0.1) is 0 Å². The fourth-order valence-electron chi connectivity index (χ4n) is 3.06. The Labute approximate surface area is 165 Å². The van der Waals surface area contributed by atoms with Gasteiger partial charge in [-0.25, -0.2) is 0 Å². The summed E-state index contributed by atoms with van der Waals surface area (Å²) in [5, 5.41) is 2.79. The number of nitrogens with one attached hydrogen (secondary N) is 1. The number of halogens is 3. The minimum Gasteiger partial charge on any atom is -0.322 e. The molecule has 0 aliphatic carbocycles. The molecular weight excluding hydrogens is 389 g/mol. The van der Waals surface area contributed by atoms with Crippen LogP contribution in [0.1, 0.15) is 25.0 Å². The molecular formula is C20H19F3N2O2S. The lowest BCUT2D eigenvalue weighted by molar-refractivity contribution is -0.137. The van der Waals surface area contributed by atoms with Crippen molar-refractivity contribution in [3.63, 3.8) is 0 Å². The first kappa shape index (κ1) is 20.3. The summed E-state index contributed by atoms with van der Waals surface area (Å²) in [5.41, 5.74) is -0.120. The zero-order valence-corrected chi connectivity index (χ0v) is 16.2. The molecule has 0 bridgehead atoms. The number of alkyl halides is 3. The first-order valence-electron chi connectivity index (χ1n) is 8.58. The summed E-state index contributed by atoms with van der Waals surface area (Å²) in [4.78, 5) is 26.7. The fraction of sp³-hybridized carbons (Fsp3) is 0.300. The molecule has 0 saturated carbocycles. The summed E-state index contributed by atoms with van der Waals surface area (Å²) in [5.74, 6) is -0.259. The van der Waals surface area contributed by atoms with Gasteiger partial charge in [0.15, 0.2) is 0 Å². The smallest absolute Gasteiger partial charge is 0.322 e. The van der Waals surface area contributed by atoms with E-state index < -0.39 is 17.3 Å². The first-order valence-corrected chi connectivity index (χ1v) is 9.73. The predicted octanol–water partition coefficient (Wildman–Crippen LogP) is 4.70. The van der Waals surface area contributed by atoms with Gasteiger partial charge in [0, 0.05) is 5.75 Å². The van der Waals surface area contributed by atoms with E-state index >= 15 is 0 Å². The van der Waals surface area contributed by atoms with Crippen molar-refractivity contribution < 1.29 is 22.8 Å². The standard InChI is InChI=1S/C20H19F3N2O2S/c1-19(2)18(27)24-15-8-3-4-9-16(15)25(19)17(26)12-28-11-13-6-5-7-14(10-13)20(21,22)23/h3-10H,11-12H2,1-2H3,(H,24,27). The number of anilines is 2. The number of fused-ring (bicyclic) bond motifs is 1. The predicted molar refractivity (Wildman–Crippen MR) is 104 cm³/mol. The summed E-state index contributed by atoms with van der Waals surface area (Å²) >= 11 is 1.21. The summed E-state index contributed by atoms with van der Waals surface area (Å²) in [6.07, 6.45) is -4.40.